The fourth-order valence-electron chi connectivity index (χ4n) is 0.584. The SMILES string of the molecule is CC.CCC(NC(C)=O)C(=O)O.CO. The molecule has 1 amide bonds. The Labute approximate surface area is 85.1 Å². The molecule has 5 nitrogen and oxygen atoms in total. The smallest absolute Gasteiger partial charge is 0.326 e. The Morgan fingerprint density at radius 1 is 1.29 bits per heavy atom. The van der Waals surface area contributed by atoms with Crippen LogP contribution in [0.4, 0.5) is 0 Å². The number of aliphatic carboxylic acids is 1. The molecule has 0 saturated carbocycles. The first-order valence-corrected chi connectivity index (χ1v) is 4.52. The van der Waals surface area contributed by atoms with Crippen molar-refractivity contribution in [2.75, 3.05) is 7.11 Å². The molecule has 0 rings (SSSR count). The second-order valence-corrected chi connectivity index (χ2v) is 2.00. The molecule has 0 heterocycles. The summed E-state index contributed by atoms with van der Waals surface area (Å²) in [6, 6.07) is -0.738. The van der Waals surface area contributed by atoms with Crippen molar-refractivity contribution in [3.05, 3.63) is 0 Å². The highest BCUT2D eigenvalue weighted by molar-refractivity contribution is 5.81. The fraction of sp³-hybridized carbons (Fsp3) is 0.778. The number of nitrogens with one attached hydrogen (secondary N) is 1. The van der Waals surface area contributed by atoms with E-state index < -0.39 is 12.0 Å². The van der Waals surface area contributed by atoms with Gasteiger partial charge in [0.05, 0.1) is 0 Å². The quantitative estimate of drug-likeness (QED) is 0.633. The van der Waals surface area contributed by atoms with Crippen molar-refractivity contribution in [1.82, 2.24) is 5.32 Å². The number of rotatable bonds is 3. The number of aliphatic hydroxyl groups is 1. The van der Waals surface area contributed by atoms with Gasteiger partial charge < -0.3 is 15.5 Å². The van der Waals surface area contributed by atoms with Gasteiger partial charge in [0.1, 0.15) is 6.04 Å². The van der Waals surface area contributed by atoms with Gasteiger partial charge in [-0.3, -0.25) is 4.79 Å². The second-order valence-electron chi connectivity index (χ2n) is 2.00. The number of carboxylic acid groups (broad SMARTS) is 1. The van der Waals surface area contributed by atoms with Crippen molar-refractivity contribution in [1.29, 1.82) is 0 Å². The third-order valence-corrected chi connectivity index (χ3v) is 1.08. The average Bonchev–Trinajstić information content (AvgIpc) is 2.19. The Kier molecular flexibility index (Phi) is 19.2. The van der Waals surface area contributed by atoms with E-state index in [0.29, 0.717) is 6.42 Å². The van der Waals surface area contributed by atoms with E-state index in [4.69, 9.17) is 10.2 Å². The lowest BCUT2D eigenvalue weighted by Crippen LogP contribution is -2.38. The molecule has 3 N–H and O–H groups in total. The van der Waals surface area contributed by atoms with Crippen molar-refractivity contribution in [3.63, 3.8) is 0 Å². The molecule has 1 atom stereocenters. The van der Waals surface area contributed by atoms with Crippen molar-refractivity contribution in [3.8, 4) is 0 Å². The summed E-state index contributed by atoms with van der Waals surface area (Å²) < 4.78 is 0. The predicted octanol–water partition coefficient (Wildman–Crippen LogP) is 0.620. The number of carboxylic acids is 1. The number of carbonyl (C=O) groups excluding carboxylic acids is 1. The zero-order valence-electron chi connectivity index (χ0n) is 9.50. The molecular weight excluding hydrogens is 186 g/mol. The molecule has 0 saturated heterocycles. The van der Waals surface area contributed by atoms with Crippen LogP contribution in [0.5, 0.6) is 0 Å². The number of carbonyl (C=O) groups is 2. The third-order valence-electron chi connectivity index (χ3n) is 1.08. The van der Waals surface area contributed by atoms with E-state index in [-0.39, 0.29) is 5.91 Å². The highest BCUT2D eigenvalue weighted by Crippen LogP contribution is 1.89. The number of hydrogen-bond donors (Lipinski definition) is 3. The summed E-state index contributed by atoms with van der Waals surface area (Å²) in [5, 5.41) is 17.7. The minimum absolute atomic E-state index is 0.311. The predicted molar refractivity (Wildman–Crippen MR) is 55.0 cm³/mol. The van der Waals surface area contributed by atoms with Gasteiger partial charge in [0.25, 0.3) is 0 Å². The molecule has 0 bridgehead atoms. The van der Waals surface area contributed by atoms with Crippen LogP contribution < -0.4 is 5.32 Å². The highest BCUT2D eigenvalue weighted by atomic mass is 16.4. The van der Waals surface area contributed by atoms with E-state index in [9.17, 15) is 9.59 Å². The maximum absolute atomic E-state index is 10.3. The second kappa shape index (κ2) is 14.4. The zero-order chi connectivity index (χ0) is 12.1. The third kappa shape index (κ3) is 13.5. The van der Waals surface area contributed by atoms with Crippen molar-refractivity contribution in [2.45, 2.75) is 40.2 Å². The van der Waals surface area contributed by atoms with E-state index >= 15 is 0 Å². The Morgan fingerprint density at radius 2 is 1.64 bits per heavy atom. The summed E-state index contributed by atoms with van der Waals surface area (Å²) in [7, 11) is 1.00. The molecule has 0 aliphatic heterocycles. The van der Waals surface area contributed by atoms with Gasteiger partial charge in [-0.1, -0.05) is 20.8 Å². The molecule has 0 aromatic carbocycles. The van der Waals surface area contributed by atoms with Gasteiger partial charge in [-0.15, -0.1) is 0 Å². The minimum atomic E-state index is -0.988. The standard InChI is InChI=1S/C6H11NO3.C2H6.CH4O/c1-3-5(6(9)10)7-4(2)8;2*1-2/h5H,3H2,1-2H3,(H,7,8)(H,9,10);1-2H3;2H,1H3. The molecule has 0 aliphatic carbocycles. The van der Waals surface area contributed by atoms with Gasteiger partial charge in [0, 0.05) is 14.0 Å². The molecular formula is C9H21NO4. The van der Waals surface area contributed by atoms with Gasteiger partial charge in [-0.2, -0.15) is 0 Å². The largest absolute Gasteiger partial charge is 0.480 e. The first-order chi connectivity index (χ1) is 6.57. The van der Waals surface area contributed by atoms with Crippen LogP contribution in [0.25, 0.3) is 0 Å². The van der Waals surface area contributed by atoms with E-state index in [2.05, 4.69) is 5.32 Å². The topological polar surface area (TPSA) is 86.6 Å². The van der Waals surface area contributed by atoms with E-state index in [1.54, 1.807) is 6.92 Å². The lowest BCUT2D eigenvalue weighted by Gasteiger charge is -2.08. The molecule has 0 aliphatic rings. The monoisotopic (exact) mass is 207 g/mol. The number of amides is 1. The Morgan fingerprint density at radius 3 is 1.71 bits per heavy atom. The molecule has 1 unspecified atom stereocenters. The molecule has 0 aromatic rings. The number of aliphatic hydroxyl groups excluding tert-OH is 1. The minimum Gasteiger partial charge on any atom is -0.480 e. The van der Waals surface area contributed by atoms with Crippen molar-refractivity contribution in [2.24, 2.45) is 0 Å². The van der Waals surface area contributed by atoms with Gasteiger partial charge in [0.2, 0.25) is 5.91 Å². The first-order valence-electron chi connectivity index (χ1n) is 4.52. The summed E-state index contributed by atoms with van der Waals surface area (Å²) in [5.74, 6) is -1.30. The summed E-state index contributed by atoms with van der Waals surface area (Å²) in [6.45, 7) is 7.00. The van der Waals surface area contributed by atoms with Crippen LogP contribution >= 0.6 is 0 Å². The maximum Gasteiger partial charge on any atom is 0.326 e. The molecule has 0 radical (unpaired) electrons. The van der Waals surface area contributed by atoms with Crippen LogP contribution in [0, 0.1) is 0 Å². The van der Waals surface area contributed by atoms with Crippen LogP contribution in [0.3, 0.4) is 0 Å². The molecule has 0 fully saturated rings. The van der Waals surface area contributed by atoms with E-state index in [0.717, 1.165) is 7.11 Å². The molecule has 86 valence electrons. The van der Waals surface area contributed by atoms with Gasteiger partial charge in [-0.25, -0.2) is 4.79 Å². The first kappa shape index (κ1) is 18.6. The lowest BCUT2D eigenvalue weighted by atomic mass is 10.2. The Balaban J connectivity index is -0.000000266. The normalized spacial score (nSPS) is 9.57. The summed E-state index contributed by atoms with van der Waals surface area (Å²) in [4.78, 5) is 20.6. The summed E-state index contributed by atoms with van der Waals surface area (Å²) in [6.07, 6.45) is 0.412. The van der Waals surface area contributed by atoms with Crippen LogP contribution in [0.1, 0.15) is 34.1 Å². The summed E-state index contributed by atoms with van der Waals surface area (Å²) >= 11 is 0. The van der Waals surface area contributed by atoms with Gasteiger partial charge in [0.15, 0.2) is 0 Å². The molecule has 14 heavy (non-hydrogen) atoms. The fourth-order valence-corrected chi connectivity index (χ4v) is 0.584. The van der Waals surface area contributed by atoms with Crippen molar-refractivity contribution < 1.29 is 19.8 Å². The van der Waals surface area contributed by atoms with Crippen LogP contribution in [-0.2, 0) is 9.59 Å². The van der Waals surface area contributed by atoms with E-state index in [1.165, 1.54) is 6.92 Å². The van der Waals surface area contributed by atoms with Crippen molar-refractivity contribution >= 4 is 11.9 Å². The number of hydrogen-bond acceptors (Lipinski definition) is 3. The molecule has 5 heteroatoms. The molecule has 0 aromatic heterocycles. The average molecular weight is 207 g/mol. The molecule has 0 spiro atoms. The van der Waals surface area contributed by atoms with Gasteiger partial charge >= 0.3 is 5.97 Å². The summed E-state index contributed by atoms with van der Waals surface area (Å²) in [5.41, 5.74) is 0. The van der Waals surface area contributed by atoms with Crippen LogP contribution in [-0.4, -0.2) is 35.2 Å². The lowest BCUT2D eigenvalue weighted by molar-refractivity contribution is -0.141. The van der Waals surface area contributed by atoms with Crippen LogP contribution in [0.15, 0.2) is 0 Å². The van der Waals surface area contributed by atoms with Gasteiger partial charge in [-0.05, 0) is 6.42 Å². The van der Waals surface area contributed by atoms with Crippen LogP contribution in [0.2, 0.25) is 0 Å². The maximum atomic E-state index is 10.3. The Bertz CT molecular complexity index is 148. The van der Waals surface area contributed by atoms with E-state index in [1.807, 2.05) is 13.8 Å². The zero-order valence-corrected chi connectivity index (χ0v) is 9.50. The Hall–Kier alpha value is -1.10. The highest BCUT2D eigenvalue weighted by Gasteiger charge is 2.14.